The standard InChI is InChI=1S/C17H18FNO4S/c1-11-8-14(3-4-15(11)18)24(21,22)19-10-16(20)12-2-5-17-13(9-12)6-7-23-17/h2-5,8-9,16,19-20H,6-7,10H2,1H3. The Kier molecular flexibility index (Phi) is 4.58. The molecule has 1 unspecified atom stereocenters. The molecule has 7 heteroatoms. The molecule has 0 radical (unpaired) electrons. The first kappa shape index (κ1) is 16.9. The fourth-order valence-corrected chi connectivity index (χ4v) is 3.71. The van der Waals surface area contributed by atoms with E-state index in [0.29, 0.717) is 12.2 Å². The highest BCUT2D eigenvalue weighted by Gasteiger charge is 2.19. The summed E-state index contributed by atoms with van der Waals surface area (Å²) in [5.41, 5.74) is 1.87. The maximum Gasteiger partial charge on any atom is 0.240 e. The molecule has 0 bridgehead atoms. The lowest BCUT2D eigenvalue weighted by Crippen LogP contribution is -2.28. The molecule has 2 N–H and O–H groups in total. The summed E-state index contributed by atoms with van der Waals surface area (Å²) in [7, 11) is -3.82. The SMILES string of the molecule is Cc1cc(S(=O)(=O)NCC(O)c2ccc3c(c2)CCO3)ccc1F. The number of ether oxygens (including phenoxy) is 1. The normalized spacial score (nSPS) is 15.0. The quantitative estimate of drug-likeness (QED) is 0.865. The van der Waals surface area contributed by atoms with E-state index >= 15 is 0 Å². The van der Waals surface area contributed by atoms with E-state index in [1.54, 1.807) is 12.1 Å². The molecule has 1 heterocycles. The molecule has 0 saturated carbocycles. The van der Waals surface area contributed by atoms with Crippen LogP contribution in [0.2, 0.25) is 0 Å². The third-order valence-corrected chi connectivity index (χ3v) is 5.43. The van der Waals surface area contributed by atoms with Crippen LogP contribution >= 0.6 is 0 Å². The van der Waals surface area contributed by atoms with E-state index in [4.69, 9.17) is 4.74 Å². The maximum absolute atomic E-state index is 13.3. The zero-order valence-electron chi connectivity index (χ0n) is 13.1. The molecule has 0 fully saturated rings. The van der Waals surface area contributed by atoms with Gasteiger partial charge >= 0.3 is 0 Å². The second kappa shape index (κ2) is 6.51. The van der Waals surface area contributed by atoms with Gasteiger partial charge in [0.25, 0.3) is 0 Å². The van der Waals surface area contributed by atoms with Crippen molar-refractivity contribution in [3.8, 4) is 5.75 Å². The van der Waals surface area contributed by atoms with Crippen molar-refractivity contribution < 1.29 is 22.7 Å². The van der Waals surface area contributed by atoms with Gasteiger partial charge in [0.15, 0.2) is 0 Å². The molecule has 3 rings (SSSR count). The summed E-state index contributed by atoms with van der Waals surface area (Å²) in [4.78, 5) is -0.0315. The Hall–Kier alpha value is -1.96. The minimum absolute atomic E-state index is 0.0315. The lowest BCUT2D eigenvalue weighted by molar-refractivity contribution is 0.182. The Morgan fingerprint density at radius 1 is 1.29 bits per heavy atom. The number of hydrogen-bond acceptors (Lipinski definition) is 4. The van der Waals surface area contributed by atoms with E-state index in [0.717, 1.165) is 23.8 Å². The first-order chi connectivity index (χ1) is 11.4. The molecule has 1 aliphatic heterocycles. The van der Waals surface area contributed by atoms with Crippen LogP contribution in [0.5, 0.6) is 5.75 Å². The summed E-state index contributed by atoms with van der Waals surface area (Å²) < 4.78 is 45.5. The lowest BCUT2D eigenvalue weighted by Gasteiger charge is -2.14. The highest BCUT2D eigenvalue weighted by Crippen LogP contribution is 2.28. The molecule has 1 aliphatic rings. The van der Waals surface area contributed by atoms with Gasteiger partial charge in [-0.2, -0.15) is 0 Å². The Morgan fingerprint density at radius 3 is 2.83 bits per heavy atom. The zero-order valence-corrected chi connectivity index (χ0v) is 13.9. The van der Waals surface area contributed by atoms with Crippen LogP contribution in [-0.4, -0.2) is 26.7 Å². The van der Waals surface area contributed by atoms with Crippen LogP contribution in [0.4, 0.5) is 4.39 Å². The minimum Gasteiger partial charge on any atom is -0.493 e. The number of aliphatic hydroxyl groups excluding tert-OH is 1. The summed E-state index contributed by atoms with van der Waals surface area (Å²) in [5, 5.41) is 10.2. The topological polar surface area (TPSA) is 75.6 Å². The van der Waals surface area contributed by atoms with Gasteiger partial charge in [0.1, 0.15) is 11.6 Å². The number of aryl methyl sites for hydroxylation is 1. The summed E-state index contributed by atoms with van der Waals surface area (Å²) >= 11 is 0. The van der Waals surface area contributed by atoms with Crippen LogP contribution in [0.3, 0.4) is 0 Å². The Labute approximate surface area is 140 Å². The molecule has 2 aromatic rings. The molecule has 0 aliphatic carbocycles. The first-order valence-corrected chi connectivity index (χ1v) is 9.04. The van der Waals surface area contributed by atoms with Gasteiger partial charge < -0.3 is 9.84 Å². The molecular formula is C17H18FNO4S. The van der Waals surface area contributed by atoms with E-state index < -0.39 is 21.9 Å². The number of nitrogens with one attached hydrogen (secondary N) is 1. The molecule has 0 saturated heterocycles. The van der Waals surface area contributed by atoms with E-state index in [1.165, 1.54) is 19.1 Å². The van der Waals surface area contributed by atoms with Gasteiger partial charge in [-0.3, -0.25) is 0 Å². The second-order valence-electron chi connectivity index (χ2n) is 5.74. The Bertz CT molecular complexity index is 867. The highest BCUT2D eigenvalue weighted by atomic mass is 32.2. The zero-order chi connectivity index (χ0) is 17.3. The Balaban J connectivity index is 1.71. The average Bonchev–Trinajstić information content (AvgIpc) is 3.02. The van der Waals surface area contributed by atoms with E-state index in [-0.39, 0.29) is 17.0 Å². The average molecular weight is 351 g/mol. The minimum atomic E-state index is -3.82. The van der Waals surface area contributed by atoms with Crippen molar-refractivity contribution in [2.45, 2.75) is 24.3 Å². The predicted molar refractivity (Wildman–Crippen MR) is 86.9 cm³/mol. The number of rotatable bonds is 5. The first-order valence-electron chi connectivity index (χ1n) is 7.56. The van der Waals surface area contributed by atoms with E-state index in [1.807, 2.05) is 6.07 Å². The van der Waals surface area contributed by atoms with Crippen molar-refractivity contribution in [2.24, 2.45) is 0 Å². The van der Waals surface area contributed by atoms with Crippen molar-refractivity contribution in [1.82, 2.24) is 4.72 Å². The number of benzene rings is 2. The Morgan fingerprint density at radius 2 is 2.08 bits per heavy atom. The molecule has 2 aromatic carbocycles. The van der Waals surface area contributed by atoms with E-state index in [2.05, 4.69) is 4.72 Å². The van der Waals surface area contributed by atoms with Gasteiger partial charge in [-0.1, -0.05) is 6.07 Å². The van der Waals surface area contributed by atoms with E-state index in [9.17, 15) is 17.9 Å². The number of halogens is 1. The smallest absolute Gasteiger partial charge is 0.240 e. The summed E-state index contributed by atoms with van der Waals surface area (Å²) in [6, 6.07) is 8.88. The number of fused-ring (bicyclic) bond motifs is 1. The van der Waals surface area contributed by atoms with Gasteiger partial charge in [0, 0.05) is 13.0 Å². The largest absolute Gasteiger partial charge is 0.493 e. The van der Waals surface area contributed by atoms with Crippen LogP contribution in [0.15, 0.2) is 41.3 Å². The molecular weight excluding hydrogens is 333 g/mol. The van der Waals surface area contributed by atoms with Gasteiger partial charge in [-0.25, -0.2) is 17.5 Å². The van der Waals surface area contributed by atoms with Crippen molar-refractivity contribution >= 4 is 10.0 Å². The third-order valence-electron chi connectivity index (χ3n) is 4.00. The van der Waals surface area contributed by atoms with Crippen LogP contribution in [0, 0.1) is 12.7 Å². The monoisotopic (exact) mass is 351 g/mol. The molecule has 0 spiro atoms. The lowest BCUT2D eigenvalue weighted by atomic mass is 10.0. The van der Waals surface area contributed by atoms with Gasteiger partial charge in [-0.15, -0.1) is 0 Å². The van der Waals surface area contributed by atoms with Crippen molar-refractivity contribution in [2.75, 3.05) is 13.2 Å². The maximum atomic E-state index is 13.3. The molecule has 0 amide bonds. The summed E-state index contributed by atoms with van der Waals surface area (Å²) in [6.45, 7) is 1.94. The fourth-order valence-electron chi connectivity index (χ4n) is 2.59. The molecule has 128 valence electrons. The molecule has 24 heavy (non-hydrogen) atoms. The van der Waals surface area contributed by atoms with Crippen LogP contribution in [-0.2, 0) is 16.4 Å². The van der Waals surface area contributed by atoms with Crippen molar-refractivity contribution in [3.05, 3.63) is 58.9 Å². The van der Waals surface area contributed by atoms with Gasteiger partial charge in [-0.05, 0) is 53.9 Å². The number of hydrogen-bond donors (Lipinski definition) is 2. The van der Waals surface area contributed by atoms with Crippen molar-refractivity contribution in [1.29, 1.82) is 0 Å². The van der Waals surface area contributed by atoms with Crippen LogP contribution in [0.25, 0.3) is 0 Å². The third kappa shape index (κ3) is 3.43. The van der Waals surface area contributed by atoms with Gasteiger partial charge in [0.2, 0.25) is 10.0 Å². The number of sulfonamides is 1. The highest BCUT2D eigenvalue weighted by molar-refractivity contribution is 7.89. The second-order valence-corrected chi connectivity index (χ2v) is 7.51. The van der Waals surface area contributed by atoms with Crippen molar-refractivity contribution in [3.63, 3.8) is 0 Å². The molecule has 1 atom stereocenters. The fraction of sp³-hybridized carbons (Fsp3) is 0.294. The molecule has 0 aromatic heterocycles. The molecule has 5 nitrogen and oxygen atoms in total. The van der Waals surface area contributed by atoms with Gasteiger partial charge in [0.05, 0.1) is 17.6 Å². The number of aliphatic hydroxyl groups is 1. The van der Waals surface area contributed by atoms with Crippen LogP contribution < -0.4 is 9.46 Å². The van der Waals surface area contributed by atoms with Crippen LogP contribution in [0.1, 0.15) is 22.8 Å². The summed E-state index contributed by atoms with van der Waals surface area (Å²) in [5.74, 6) is 0.336. The predicted octanol–water partition coefficient (Wildman–Crippen LogP) is 2.08. The summed E-state index contributed by atoms with van der Waals surface area (Å²) in [6.07, 6.45) is -0.205.